The molecule has 1 aromatic carbocycles. The van der Waals surface area contributed by atoms with Crippen molar-refractivity contribution in [2.24, 2.45) is 0 Å². The molecule has 0 aliphatic heterocycles. The van der Waals surface area contributed by atoms with Crippen molar-refractivity contribution < 1.29 is 0 Å². The highest BCUT2D eigenvalue weighted by Crippen LogP contribution is 2.21. The molecule has 0 saturated carbocycles. The van der Waals surface area contributed by atoms with Gasteiger partial charge in [-0.25, -0.2) is 9.97 Å². The number of aryl methyl sites for hydroxylation is 1. The van der Waals surface area contributed by atoms with E-state index in [1.165, 1.54) is 0 Å². The van der Waals surface area contributed by atoms with Crippen LogP contribution in [0.15, 0.2) is 28.7 Å². The fourth-order valence-electron chi connectivity index (χ4n) is 1.46. The number of hydrogen-bond donors (Lipinski definition) is 1. The van der Waals surface area contributed by atoms with Crippen molar-refractivity contribution in [2.75, 3.05) is 5.73 Å². The highest BCUT2D eigenvalue weighted by Gasteiger charge is 2.09. The third-order valence-corrected chi connectivity index (χ3v) is 2.86. The minimum atomic E-state index is 0.220. The summed E-state index contributed by atoms with van der Waals surface area (Å²) in [5.74, 6) is 0.754. The minimum Gasteiger partial charge on any atom is -0.382 e. The zero-order valence-electron chi connectivity index (χ0n) is 9.11. The zero-order chi connectivity index (χ0) is 12.4. The second-order valence-corrected chi connectivity index (χ2v) is 4.43. The van der Waals surface area contributed by atoms with E-state index in [0.717, 1.165) is 10.0 Å². The van der Waals surface area contributed by atoms with Crippen LogP contribution < -0.4 is 5.73 Å². The molecule has 84 valence electrons. The predicted octanol–water partition coefficient (Wildman–Crippen LogP) is 2.67. The Labute approximate surface area is 107 Å². The second kappa shape index (κ2) is 4.52. The van der Waals surface area contributed by atoms with Gasteiger partial charge in [0, 0.05) is 10.0 Å². The summed E-state index contributed by atoms with van der Waals surface area (Å²) in [5, 5.41) is 8.88. The lowest BCUT2D eigenvalue weighted by molar-refractivity contribution is 1.10. The van der Waals surface area contributed by atoms with Gasteiger partial charge in [0.05, 0.1) is 5.69 Å². The van der Waals surface area contributed by atoms with Crippen molar-refractivity contribution in [3.8, 4) is 17.5 Å². The summed E-state index contributed by atoms with van der Waals surface area (Å²) < 4.78 is 0.986. The van der Waals surface area contributed by atoms with Gasteiger partial charge in [0.25, 0.3) is 0 Å². The Kier molecular flexibility index (Phi) is 3.07. The summed E-state index contributed by atoms with van der Waals surface area (Å²) >= 11 is 3.36. The Morgan fingerprint density at radius 2 is 1.88 bits per heavy atom. The fraction of sp³-hybridized carbons (Fsp3) is 0.0833. The molecular formula is C12H9BrN4. The quantitative estimate of drug-likeness (QED) is 0.875. The Bertz CT molecular complexity index is 576. The van der Waals surface area contributed by atoms with Gasteiger partial charge in [0.2, 0.25) is 0 Å². The summed E-state index contributed by atoms with van der Waals surface area (Å²) in [6, 6.07) is 9.59. The maximum absolute atomic E-state index is 8.88. The van der Waals surface area contributed by atoms with Crippen molar-refractivity contribution in [3.05, 3.63) is 40.0 Å². The molecule has 0 fully saturated rings. The van der Waals surface area contributed by atoms with E-state index in [0.29, 0.717) is 17.1 Å². The van der Waals surface area contributed by atoms with Crippen LogP contribution in [0.2, 0.25) is 0 Å². The maximum atomic E-state index is 8.88. The van der Waals surface area contributed by atoms with Gasteiger partial charge in [-0.1, -0.05) is 28.1 Å². The number of anilines is 1. The molecule has 0 aliphatic carbocycles. The number of rotatable bonds is 1. The van der Waals surface area contributed by atoms with Crippen LogP contribution in [0.3, 0.4) is 0 Å². The Morgan fingerprint density at radius 1 is 1.24 bits per heavy atom. The molecule has 0 unspecified atom stereocenters. The van der Waals surface area contributed by atoms with Crippen molar-refractivity contribution in [1.29, 1.82) is 5.26 Å². The minimum absolute atomic E-state index is 0.220. The average Bonchev–Trinajstić information content (AvgIpc) is 2.29. The summed E-state index contributed by atoms with van der Waals surface area (Å²) in [4.78, 5) is 8.41. The van der Waals surface area contributed by atoms with E-state index in [2.05, 4.69) is 25.9 Å². The summed E-state index contributed by atoms with van der Waals surface area (Å²) in [6.07, 6.45) is 0. The fourth-order valence-corrected chi connectivity index (χ4v) is 1.73. The van der Waals surface area contributed by atoms with E-state index in [1.807, 2.05) is 30.3 Å². The standard InChI is InChI=1S/C12H9BrN4/c1-7-10(6-14)11(15)17-12(16-7)8-2-4-9(13)5-3-8/h2-5H,1H3,(H2,15,16,17). The molecule has 1 heterocycles. The van der Waals surface area contributed by atoms with Gasteiger partial charge in [-0.05, 0) is 19.1 Å². The first-order valence-corrected chi connectivity index (χ1v) is 5.71. The van der Waals surface area contributed by atoms with Gasteiger partial charge in [0.1, 0.15) is 17.5 Å². The van der Waals surface area contributed by atoms with Crippen LogP contribution in [0.25, 0.3) is 11.4 Å². The van der Waals surface area contributed by atoms with E-state index < -0.39 is 0 Å². The van der Waals surface area contributed by atoms with Crippen LogP contribution >= 0.6 is 15.9 Å². The molecule has 0 radical (unpaired) electrons. The van der Waals surface area contributed by atoms with Crippen LogP contribution in [0, 0.1) is 18.3 Å². The first-order valence-electron chi connectivity index (χ1n) is 4.92. The first kappa shape index (κ1) is 11.6. The largest absolute Gasteiger partial charge is 0.382 e. The Balaban J connectivity index is 2.55. The van der Waals surface area contributed by atoms with Crippen LogP contribution in [0.1, 0.15) is 11.3 Å². The molecule has 0 saturated heterocycles. The van der Waals surface area contributed by atoms with Gasteiger partial charge in [0.15, 0.2) is 5.82 Å². The molecule has 2 rings (SSSR count). The number of nitrogens with zero attached hydrogens (tertiary/aromatic N) is 3. The van der Waals surface area contributed by atoms with Gasteiger partial charge in [-0.2, -0.15) is 5.26 Å². The van der Waals surface area contributed by atoms with Crippen LogP contribution in [0.4, 0.5) is 5.82 Å². The predicted molar refractivity (Wildman–Crippen MR) is 69.0 cm³/mol. The van der Waals surface area contributed by atoms with Crippen LogP contribution in [-0.4, -0.2) is 9.97 Å². The van der Waals surface area contributed by atoms with Crippen LogP contribution in [-0.2, 0) is 0 Å². The molecule has 0 atom stereocenters. The molecule has 0 bridgehead atoms. The number of nitriles is 1. The lowest BCUT2D eigenvalue weighted by Crippen LogP contribution is -2.02. The first-order chi connectivity index (χ1) is 8.11. The number of nitrogens with two attached hydrogens (primary N) is 1. The van der Waals surface area contributed by atoms with Crippen molar-refractivity contribution in [3.63, 3.8) is 0 Å². The molecule has 17 heavy (non-hydrogen) atoms. The summed E-state index contributed by atoms with van der Waals surface area (Å²) in [6.45, 7) is 1.75. The molecule has 2 aromatic rings. The average molecular weight is 289 g/mol. The van der Waals surface area contributed by atoms with Gasteiger partial charge in [-0.3, -0.25) is 0 Å². The van der Waals surface area contributed by atoms with E-state index >= 15 is 0 Å². The van der Waals surface area contributed by atoms with E-state index in [-0.39, 0.29) is 5.82 Å². The molecule has 0 aliphatic rings. The highest BCUT2D eigenvalue weighted by molar-refractivity contribution is 9.10. The van der Waals surface area contributed by atoms with Crippen molar-refractivity contribution in [1.82, 2.24) is 9.97 Å². The Morgan fingerprint density at radius 3 is 2.41 bits per heavy atom. The lowest BCUT2D eigenvalue weighted by Gasteiger charge is -2.05. The molecule has 0 spiro atoms. The molecule has 1 aromatic heterocycles. The van der Waals surface area contributed by atoms with Crippen LogP contribution in [0.5, 0.6) is 0 Å². The second-order valence-electron chi connectivity index (χ2n) is 3.51. The van der Waals surface area contributed by atoms with Crippen molar-refractivity contribution >= 4 is 21.7 Å². The topological polar surface area (TPSA) is 75.6 Å². The third kappa shape index (κ3) is 2.27. The monoisotopic (exact) mass is 288 g/mol. The number of hydrogen-bond acceptors (Lipinski definition) is 4. The van der Waals surface area contributed by atoms with E-state index in [4.69, 9.17) is 11.0 Å². The SMILES string of the molecule is Cc1nc(-c2ccc(Br)cc2)nc(N)c1C#N. The molecular weight excluding hydrogens is 280 g/mol. The van der Waals surface area contributed by atoms with E-state index in [9.17, 15) is 0 Å². The smallest absolute Gasteiger partial charge is 0.161 e. The lowest BCUT2D eigenvalue weighted by atomic mass is 10.2. The van der Waals surface area contributed by atoms with Gasteiger partial charge >= 0.3 is 0 Å². The zero-order valence-corrected chi connectivity index (χ0v) is 10.7. The van der Waals surface area contributed by atoms with E-state index in [1.54, 1.807) is 6.92 Å². The molecule has 5 heteroatoms. The number of benzene rings is 1. The third-order valence-electron chi connectivity index (χ3n) is 2.33. The summed E-state index contributed by atoms with van der Waals surface area (Å²) in [5.41, 5.74) is 7.52. The molecule has 2 N–H and O–H groups in total. The maximum Gasteiger partial charge on any atom is 0.161 e. The van der Waals surface area contributed by atoms with Gasteiger partial charge in [-0.15, -0.1) is 0 Å². The molecule has 0 amide bonds. The van der Waals surface area contributed by atoms with Crippen molar-refractivity contribution in [2.45, 2.75) is 6.92 Å². The number of aromatic nitrogens is 2. The molecule has 4 nitrogen and oxygen atoms in total. The normalized spacial score (nSPS) is 9.94. The van der Waals surface area contributed by atoms with Gasteiger partial charge < -0.3 is 5.73 Å². The highest BCUT2D eigenvalue weighted by atomic mass is 79.9. The summed E-state index contributed by atoms with van der Waals surface area (Å²) in [7, 11) is 0. The Hall–Kier alpha value is -1.93. The number of halogens is 1. The number of nitrogen functional groups attached to an aromatic ring is 1.